The highest BCUT2D eigenvalue weighted by Crippen LogP contribution is 2.32. The predicted molar refractivity (Wildman–Crippen MR) is 101 cm³/mol. The Morgan fingerprint density at radius 3 is 2.82 bits per heavy atom. The summed E-state index contributed by atoms with van der Waals surface area (Å²) in [6.07, 6.45) is 0.715. The minimum absolute atomic E-state index is 0.0106. The van der Waals surface area contributed by atoms with Crippen LogP contribution in [0.4, 0.5) is 4.39 Å². The molecule has 0 spiro atoms. The molecule has 0 saturated carbocycles. The highest BCUT2D eigenvalue weighted by atomic mass is 35.5. The SMILES string of the molecule is CCC1COCc2c1c(=O)c(O)c1n2CCN(Cc2ccc(F)c(Cl)c2)C1=O. The van der Waals surface area contributed by atoms with Gasteiger partial charge in [0.25, 0.3) is 5.91 Å². The lowest BCUT2D eigenvalue weighted by atomic mass is 9.92. The quantitative estimate of drug-likeness (QED) is 0.850. The molecule has 0 bridgehead atoms. The number of hydrogen-bond acceptors (Lipinski definition) is 4. The molecule has 8 heteroatoms. The summed E-state index contributed by atoms with van der Waals surface area (Å²) >= 11 is 5.82. The molecule has 1 unspecified atom stereocenters. The van der Waals surface area contributed by atoms with E-state index in [2.05, 4.69) is 0 Å². The number of rotatable bonds is 3. The molecule has 4 rings (SSSR count). The molecule has 1 aromatic heterocycles. The van der Waals surface area contributed by atoms with Crippen molar-refractivity contribution in [3.8, 4) is 5.75 Å². The second-order valence-corrected chi connectivity index (χ2v) is 7.54. The molecule has 0 fully saturated rings. The molecule has 0 saturated heterocycles. The van der Waals surface area contributed by atoms with Crippen LogP contribution in [-0.4, -0.2) is 33.6 Å². The van der Waals surface area contributed by atoms with Gasteiger partial charge in [0.05, 0.1) is 23.9 Å². The van der Waals surface area contributed by atoms with Crippen molar-refractivity contribution < 1.29 is 19.0 Å². The number of hydrogen-bond donors (Lipinski definition) is 1. The van der Waals surface area contributed by atoms with Crippen molar-refractivity contribution in [1.82, 2.24) is 9.47 Å². The van der Waals surface area contributed by atoms with Gasteiger partial charge >= 0.3 is 0 Å². The summed E-state index contributed by atoms with van der Waals surface area (Å²) in [6, 6.07) is 4.28. The summed E-state index contributed by atoms with van der Waals surface area (Å²) in [6.45, 7) is 3.68. The van der Waals surface area contributed by atoms with Crippen LogP contribution in [0.3, 0.4) is 0 Å². The third kappa shape index (κ3) is 2.99. The Hall–Kier alpha value is -2.38. The van der Waals surface area contributed by atoms with Crippen molar-refractivity contribution >= 4 is 17.5 Å². The monoisotopic (exact) mass is 406 g/mol. The molecule has 1 atom stereocenters. The summed E-state index contributed by atoms with van der Waals surface area (Å²) in [5.74, 6) is -1.56. The smallest absolute Gasteiger partial charge is 0.274 e. The number of amides is 1. The van der Waals surface area contributed by atoms with Gasteiger partial charge in [0.15, 0.2) is 11.4 Å². The van der Waals surface area contributed by atoms with Crippen LogP contribution in [-0.2, 0) is 24.4 Å². The highest BCUT2D eigenvalue weighted by molar-refractivity contribution is 6.30. The molecule has 1 amide bonds. The predicted octanol–water partition coefficient (Wildman–Crippen LogP) is 3.03. The van der Waals surface area contributed by atoms with E-state index in [1.165, 1.54) is 17.0 Å². The van der Waals surface area contributed by atoms with E-state index >= 15 is 0 Å². The molecule has 6 nitrogen and oxygen atoms in total. The van der Waals surface area contributed by atoms with Crippen molar-refractivity contribution in [2.24, 2.45) is 0 Å². The molecule has 1 aromatic carbocycles. The lowest BCUT2D eigenvalue weighted by Crippen LogP contribution is -2.44. The van der Waals surface area contributed by atoms with Crippen LogP contribution in [0, 0.1) is 5.82 Å². The number of benzene rings is 1. The standard InChI is InChI=1S/C20H20ClFN2O4/c1-2-12-9-28-10-15-16(12)18(25)19(26)17-20(27)23(5-6-24(15)17)8-11-3-4-14(22)13(21)7-11/h3-4,7,12,26H,2,5-6,8-10H2,1H3. The summed E-state index contributed by atoms with van der Waals surface area (Å²) < 4.78 is 20.7. The van der Waals surface area contributed by atoms with E-state index in [4.69, 9.17) is 16.3 Å². The van der Waals surface area contributed by atoms with Gasteiger partial charge in [-0.1, -0.05) is 24.6 Å². The molecule has 2 aromatic rings. The number of aromatic nitrogens is 1. The Morgan fingerprint density at radius 1 is 1.32 bits per heavy atom. The van der Waals surface area contributed by atoms with Gasteiger partial charge in [0.2, 0.25) is 5.43 Å². The number of aromatic hydroxyl groups is 1. The van der Waals surface area contributed by atoms with Gasteiger partial charge in [-0.25, -0.2) is 4.39 Å². The van der Waals surface area contributed by atoms with E-state index in [0.717, 1.165) is 0 Å². The van der Waals surface area contributed by atoms with Crippen LogP contribution >= 0.6 is 11.6 Å². The van der Waals surface area contributed by atoms with Gasteiger partial charge in [0, 0.05) is 31.1 Å². The number of fused-ring (bicyclic) bond motifs is 3. The van der Waals surface area contributed by atoms with E-state index < -0.39 is 22.9 Å². The minimum atomic E-state index is -0.526. The van der Waals surface area contributed by atoms with Gasteiger partial charge in [0.1, 0.15) is 5.82 Å². The number of carbonyl (C=O) groups is 1. The topological polar surface area (TPSA) is 71.8 Å². The Labute approximate surface area is 166 Å². The lowest BCUT2D eigenvalue weighted by molar-refractivity contribution is 0.0635. The van der Waals surface area contributed by atoms with E-state index in [-0.39, 0.29) is 29.8 Å². The molecular formula is C20H20ClFN2O4. The van der Waals surface area contributed by atoms with E-state index in [9.17, 15) is 19.1 Å². The number of carbonyl (C=O) groups excluding carboxylic acids is 1. The molecule has 2 aliphatic rings. The lowest BCUT2D eigenvalue weighted by Gasteiger charge is -2.35. The summed E-state index contributed by atoms with van der Waals surface area (Å²) in [5.41, 5.74) is 1.40. The highest BCUT2D eigenvalue weighted by Gasteiger charge is 2.35. The summed E-state index contributed by atoms with van der Waals surface area (Å²) in [4.78, 5) is 27.4. The van der Waals surface area contributed by atoms with Gasteiger partial charge in [-0.15, -0.1) is 0 Å². The zero-order valence-corrected chi connectivity index (χ0v) is 16.1. The third-order valence-electron chi connectivity index (χ3n) is 5.49. The molecule has 0 radical (unpaired) electrons. The Morgan fingerprint density at radius 2 is 2.11 bits per heavy atom. The minimum Gasteiger partial charge on any atom is -0.503 e. The first-order valence-electron chi connectivity index (χ1n) is 9.21. The van der Waals surface area contributed by atoms with Gasteiger partial charge in [-0.05, 0) is 24.1 Å². The second kappa shape index (κ2) is 7.22. The molecule has 0 aliphatic carbocycles. The maximum Gasteiger partial charge on any atom is 0.274 e. The van der Waals surface area contributed by atoms with Crippen molar-refractivity contribution in [1.29, 1.82) is 0 Å². The van der Waals surface area contributed by atoms with E-state index in [0.29, 0.717) is 42.9 Å². The van der Waals surface area contributed by atoms with Gasteiger partial charge in [-0.3, -0.25) is 9.59 Å². The van der Waals surface area contributed by atoms with Crippen LogP contribution in [0.25, 0.3) is 0 Å². The van der Waals surface area contributed by atoms with Crippen LogP contribution < -0.4 is 5.43 Å². The third-order valence-corrected chi connectivity index (χ3v) is 5.78. The fourth-order valence-electron chi connectivity index (χ4n) is 4.00. The molecule has 1 N–H and O–H groups in total. The molecule has 2 aliphatic heterocycles. The second-order valence-electron chi connectivity index (χ2n) is 7.13. The number of ether oxygens (including phenoxy) is 1. The first-order valence-corrected chi connectivity index (χ1v) is 9.59. The molecule has 148 valence electrons. The summed E-state index contributed by atoms with van der Waals surface area (Å²) in [7, 11) is 0. The van der Waals surface area contributed by atoms with Gasteiger partial charge in [-0.2, -0.15) is 0 Å². The Balaban J connectivity index is 1.73. The molecule has 28 heavy (non-hydrogen) atoms. The number of halogens is 2. The van der Waals surface area contributed by atoms with Crippen LogP contribution in [0.5, 0.6) is 5.75 Å². The average molecular weight is 407 g/mol. The molecular weight excluding hydrogens is 387 g/mol. The van der Waals surface area contributed by atoms with Crippen molar-refractivity contribution in [3.63, 3.8) is 0 Å². The van der Waals surface area contributed by atoms with Crippen molar-refractivity contribution in [2.75, 3.05) is 13.2 Å². The van der Waals surface area contributed by atoms with Crippen LogP contribution in [0.2, 0.25) is 5.02 Å². The van der Waals surface area contributed by atoms with E-state index in [1.54, 1.807) is 10.6 Å². The number of pyridine rings is 1. The first-order chi connectivity index (χ1) is 13.4. The largest absolute Gasteiger partial charge is 0.503 e. The zero-order valence-electron chi connectivity index (χ0n) is 15.4. The molecule has 3 heterocycles. The van der Waals surface area contributed by atoms with Crippen LogP contribution in [0.15, 0.2) is 23.0 Å². The van der Waals surface area contributed by atoms with E-state index in [1.807, 2.05) is 6.92 Å². The van der Waals surface area contributed by atoms with Crippen molar-refractivity contribution in [2.45, 2.75) is 39.0 Å². The summed E-state index contributed by atoms with van der Waals surface area (Å²) in [5, 5.41) is 10.5. The van der Waals surface area contributed by atoms with Crippen LogP contribution in [0.1, 0.15) is 46.6 Å². The number of nitrogens with zero attached hydrogens (tertiary/aromatic N) is 2. The Kier molecular flexibility index (Phi) is 4.89. The maximum atomic E-state index is 13.4. The Bertz CT molecular complexity index is 1020. The first kappa shape index (κ1) is 19.0. The van der Waals surface area contributed by atoms with Crippen molar-refractivity contribution in [3.05, 3.63) is 61.8 Å². The van der Waals surface area contributed by atoms with Gasteiger partial charge < -0.3 is 19.3 Å². The fraction of sp³-hybridized carbons (Fsp3) is 0.400. The maximum absolute atomic E-state index is 13.4. The normalized spacial score (nSPS) is 18.8. The average Bonchev–Trinajstić information content (AvgIpc) is 2.69. The fourth-order valence-corrected chi connectivity index (χ4v) is 4.20. The zero-order chi connectivity index (χ0) is 20.0.